The number of aliphatic hydroxyl groups excluding tert-OH is 1. The predicted molar refractivity (Wildman–Crippen MR) is 103 cm³/mol. The minimum Gasteiger partial charge on any atom is -0.384 e. The zero-order chi connectivity index (χ0) is 19.3. The number of benzene rings is 1. The molecular weight excluding hydrogens is 348 g/mol. The van der Waals surface area contributed by atoms with Crippen LogP contribution >= 0.6 is 0 Å². The average Bonchev–Trinajstić information content (AvgIpc) is 3.22. The van der Waals surface area contributed by atoms with Crippen LogP contribution in [0.25, 0.3) is 22.5 Å². The van der Waals surface area contributed by atoms with Gasteiger partial charge in [-0.1, -0.05) is 36.4 Å². The standard InChI is InChI=1S/C23H12N4O/c24-11-13(12-25)18-14-5-1-2-6-15(14)23(28)20(18)19-16-7-3-9-26-21(16)22-17(19)8-4-10-27-22/h1-10,23,28H. The van der Waals surface area contributed by atoms with Gasteiger partial charge in [-0.2, -0.15) is 10.5 Å². The van der Waals surface area contributed by atoms with E-state index in [1.807, 2.05) is 60.7 Å². The van der Waals surface area contributed by atoms with Gasteiger partial charge >= 0.3 is 0 Å². The van der Waals surface area contributed by atoms with Crippen molar-refractivity contribution in [2.45, 2.75) is 6.10 Å². The highest BCUT2D eigenvalue weighted by molar-refractivity contribution is 6.08. The van der Waals surface area contributed by atoms with E-state index >= 15 is 0 Å². The normalized spacial score (nSPS) is 16.1. The maximum atomic E-state index is 11.2. The molecule has 1 aromatic carbocycles. The number of aromatic nitrogens is 2. The summed E-state index contributed by atoms with van der Waals surface area (Å²) in [7, 11) is 0. The highest BCUT2D eigenvalue weighted by Crippen LogP contribution is 2.53. The summed E-state index contributed by atoms with van der Waals surface area (Å²) in [6.07, 6.45) is 2.46. The molecule has 0 aliphatic heterocycles. The zero-order valence-corrected chi connectivity index (χ0v) is 14.6. The molecule has 3 aromatic rings. The summed E-state index contributed by atoms with van der Waals surface area (Å²) in [5.74, 6) is 0. The second-order valence-electron chi connectivity index (χ2n) is 6.55. The van der Waals surface area contributed by atoms with Gasteiger partial charge in [0.1, 0.15) is 23.8 Å². The van der Waals surface area contributed by atoms with Crippen LogP contribution in [-0.2, 0) is 0 Å². The molecule has 0 spiro atoms. The number of hydrogen-bond acceptors (Lipinski definition) is 5. The van der Waals surface area contributed by atoms with Crippen LogP contribution in [-0.4, -0.2) is 15.1 Å². The fourth-order valence-corrected chi connectivity index (χ4v) is 4.10. The molecule has 1 unspecified atom stereocenters. The first-order valence-corrected chi connectivity index (χ1v) is 8.73. The molecule has 1 N–H and O–H groups in total. The molecule has 2 aromatic heterocycles. The monoisotopic (exact) mass is 360 g/mol. The van der Waals surface area contributed by atoms with Gasteiger partial charge in [0.15, 0.2) is 0 Å². The van der Waals surface area contributed by atoms with Crippen molar-refractivity contribution in [3.8, 4) is 23.5 Å². The lowest BCUT2D eigenvalue weighted by molar-refractivity contribution is 0.226. The van der Waals surface area contributed by atoms with Gasteiger partial charge < -0.3 is 5.11 Å². The minimum atomic E-state index is -0.947. The molecule has 0 radical (unpaired) electrons. The molecule has 0 saturated heterocycles. The first kappa shape index (κ1) is 16.1. The summed E-state index contributed by atoms with van der Waals surface area (Å²) in [6.45, 7) is 0. The topological polar surface area (TPSA) is 93.6 Å². The number of aliphatic hydroxyl groups is 1. The summed E-state index contributed by atoms with van der Waals surface area (Å²) >= 11 is 0. The van der Waals surface area contributed by atoms with E-state index < -0.39 is 6.10 Å². The molecule has 0 saturated carbocycles. The third-order valence-electron chi connectivity index (χ3n) is 5.19. The van der Waals surface area contributed by atoms with Crippen LogP contribution in [0.2, 0.25) is 0 Å². The van der Waals surface area contributed by atoms with Crippen molar-refractivity contribution in [2.75, 3.05) is 0 Å². The maximum Gasteiger partial charge on any atom is 0.137 e. The van der Waals surface area contributed by atoms with Crippen molar-refractivity contribution in [3.05, 3.63) is 94.3 Å². The second-order valence-corrected chi connectivity index (χ2v) is 6.55. The Hall–Kier alpha value is -4.06. The third-order valence-corrected chi connectivity index (χ3v) is 5.19. The molecule has 5 heteroatoms. The van der Waals surface area contributed by atoms with Gasteiger partial charge in [-0.15, -0.1) is 0 Å². The van der Waals surface area contributed by atoms with E-state index in [9.17, 15) is 15.6 Å². The molecular formula is C23H12N4O. The first-order valence-electron chi connectivity index (χ1n) is 8.73. The average molecular weight is 360 g/mol. The summed E-state index contributed by atoms with van der Waals surface area (Å²) in [4.78, 5) is 8.96. The number of allylic oxidation sites excluding steroid dienone is 1. The van der Waals surface area contributed by atoms with Crippen molar-refractivity contribution >= 4 is 11.1 Å². The van der Waals surface area contributed by atoms with Gasteiger partial charge in [0.05, 0.1) is 11.4 Å². The van der Waals surface area contributed by atoms with Gasteiger partial charge in [-0.3, -0.25) is 9.97 Å². The molecule has 0 fully saturated rings. The van der Waals surface area contributed by atoms with Crippen molar-refractivity contribution in [3.63, 3.8) is 0 Å². The molecule has 2 aliphatic rings. The number of fused-ring (bicyclic) bond motifs is 4. The van der Waals surface area contributed by atoms with Gasteiger partial charge in [0.2, 0.25) is 0 Å². The van der Waals surface area contributed by atoms with Crippen LogP contribution in [0.4, 0.5) is 0 Å². The van der Waals surface area contributed by atoms with E-state index in [0.717, 1.165) is 28.1 Å². The minimum absolute atomic E-state index is 0.0192. The molecule has 130 valence electrons. The number of hydrogen-bond donors (Lipinski definition) is 1. The maximum absolute atomic E-state index is 11.2. The van der Waals surface area contributed by atoms with Crippen LogP contribution in [0.1, 0.15) is 28.4 Å². The van der Waals surface area contributed by atoms with Gasteiger partial charge in [0, 0.05) is 40.2 Å². The van der Waals surface area contributed by atoms with E-state index in [0.29, 0.717) is 22.3 Å². The van der Waals surface area contributed by atoms with E-state index in [-0.39, 0.29) is 5.57 Å². The van der Waals surface area contributed by atoms with Crippen molar-refractivity contribution < 1.29 is 5.11 Å². The summed E-state index contributed by atoms with van der Waals surface area (Å²) < 4.78 is 0. The van der Waals surface area contributed by atoms with E-state index in [1.165, 1.54) is 0 Å². The fourth-order valence-electron chi connectivity index (χ4n) is 4.10. The summed E-state index contributed by atoms with van der Waals surface area (Å²) in [6, 6.07) is 18.9. The SMILES string of the molecule is N#CC(C#N)=C1C(=C2c3cccnc3-c3ncccc32)C(O)c2ccccc21. The fraction of sp³-hybridized carbons (Fsp3) is 0.0435. The number of rotatable bonds is 0. The van der Waals surface area contributed by atoms with Gasteiger partial charge in [0.25, 0.3) is 0 Å². The Morgan fingerprint density at radius 1 is 0.821 bits per heavy atom. The molecule has 5 nitrogen and oxygen atoms in total. The summed E-state index contributed by atoms with van der Waals surface area (Å²) in [5, 5.41) is 30.4. The Morgan fingerprint density at radius 2 is 1.39 bits per heavy atom. The van der Waals surface area contributed by atoms with Crippen LogP contribution in [0, 0.1) is 22.7 Å². The number of pyridine rings is 2. The van der Waals surface area contributed by atoms with E-state index in [2.05, 4.69) is 9.97 Å². The highest BCUT2D eigenvalue weighted by Gasteiger charge is 2.38. The largest absolute Gasteiger partial charge is 0.384 e. The smallest absolute Gasteiger partial charge is 0.137 e. The van der Waals surface area contributed by atoms with Crippen LogP contribution < -0.4 is 0 Å². The van der Waals surface area contributed by atoms with Crippen LogP contribution in [0.15, 0.2) is 72.1 Å². The quantitative estimate of drug-likeness (QED) is 0.481. The van der Waals surface area contributed by atoms with Gasteiger partial charge in [-0.05, 0) is 23.3 Å². The predicted octanol–water partition coefficient (Wildman–Crippen LogP) is 3.81. The lowest BCUT2D eigenvalue weighted by Gasteiger charge is -2.13. The molecule has 2 aliphatic carbocycles. The molecule has 5 rings (SSSR count). The van der Waals surface area contributed by atoms with E-state index in [4.69, 9.17) is 0 Å². The highest BCUT2D eigenvalue weighted by atomic mass is 16.3. The lowest BCUT2D eigenvalue weighted by atomic mass is 9.91. The lowest BCUT2D eigenvalue weighted by Crippen LogP contribution is -1.99. The van der Waals surface area contributed by atoms with Crippen molar-refractivity contribution in [1.29, 1.82) is 10.5 Å². The molecule has 1 atom stereocenters. The summed E-state index contributed by atoms with van der Waals surface area (Å²) in [5.41, 5.74) is 6.33. The Balaban J connectivity index is 1.96. The second kappa shape index (κ2) is 5.99. The van der Waals surface area contributed by atoms with Gasteiger partial charge in [-0.25, -0.2) is 0 Å². The Kier molecular flexibility index (Phi) is 3.45. The number of nitriles is 2. The number of nitrogens with zero attached hydrogens (tertiary/aromatic N) is 4. The molecule has 2 heterocycles. The third kappa shape index (κ3) is 2.02. The zero-order valence-electron chi connectivity index (χ0n) is 14.6. The molecule has 0 amide bonds. The van der Waals surface area contributed by atoms with Crippen molar-refractivity contribution in [1.82, 2.24) is 9.97 Å². The first-order chi connectivity index (χ1) is 13.8. The van der Waals surface area contributed by atoms with Crippen LogP contribution in [0.5, 0.6) is 0 Å². The Morgan fingerprint density at radius 3 is 2.00 bits per heavy atom. The van der Waals surface area contributed by atoms with Crippen LogP contribution in [0.3, 0.4) is 0 Å². The Labute approximate surface area is 161 Å². The Bertz CT molecular complexity index is 1240. The molecule has 28 heavy (non-hydrogen) atoms. The molecule has 0 bridgehead atoms. The van der Waals surface area contributed by atoms with E-state index in [1.54, 1.807) is 12.4 Å². The van der Waals surface area contributed by atoms with Crippen molar-refractivity contribution in [2.24, 2.45) is 0 Å².